The summed E-state index contributed by atoms with van der Waals surface area (Å²) in [7, 11) is 0. The maximum atomic E-state index is 10.5. The number of hydrogen-bond donors (Lipinski definition) is 1. The maximum Gasteiger partial charge on any atom is 0.233 e. The second-order valence-electron chi connectivity index (χ2n) is 5.81. The molecule has 0 spiro atoms. The van der Waals surface area contributed by atoms with Crippen LogP contribution in [0.1, 0.15) is 31.1 Å². The molecule has 1 aromatic carbocycles. The highest BCUT2D eigenvalue weighted by atomic mass is 16.7. The molecule has 1 unspecified atom stereocenters. The van der Waals surface area contributed by atoms with Crippen LogP contribution in [0.15, 0.2) is 18.2 Å². The Labute approximate surface area is 128 Å². The highest BCUT2D eigenvalue weighted by molar-refractivity contribution is 5.36. The van der Waals surface area contributed by atoms with Crippen LogP contribution in [0.4, 0.5) is 0 Å². The average molecular weight is 311 g/mol. The lowest BCUT2D eigenvalue weighted by Gasteiger charge is -2.18. The largest absolute Gasteiger partial charge is 0.491 e. The van der Waals surface area contributed by atoms with Crippen molar-refractivity contribution in [3.05, 3.63) is 39.4 Å². The Morgan fingerprint density at radius 3 is 2.86 bits per heavy atom. The van der Waals surface area contributed by atoms with Crippen molar-refractivity contribution in [3.63, 3.8) is 0 Å². The van der Waals surface area contributed by atoms with Crippen LogP contribution in [0, 0.1) is 17.0 Å². The lowest BCUT2D eigenvalue weighted by Crippen LogP contribution is -2.25. The third-order valence-electron chi connectivity index (χ3n) is 3.43. The van der Waals surface area contributed by atoms with E-state index in [1.807, 2.05) is 13.8 Å². The van der Waals surface area contributed by atoms with E-state index in [0.717, 1.165) is 5.56 Å². The zero-order chi connectivity index (χ0) is 16.3. The van der Waals surface area contributed by atoms with E-state index in [9.17, 15) is 15.2 Å². The van der Waals surface area contributed by atoms with Crippen molar-refractivity contribution in [2.45, 2.75) is 38.8 Å². The van der Waals surface area contributed by atoms with Gasteiger partial charge in [0.1, 0.15) is 24.6 Å². The van der Waals surface area contributed by atoms with Crippen LogP contribution in [-0.4, -0.2) is 41.7 Å². The van der Waals surface area contributed by atoms with Crippen LogP contribution in [-0.2, 0) is 9.47 Å². The Balaban J connectivity index is 1.99. The van der Waals surface area contributed by atoms with Crippen LogP contribution in [0.5, 0.6) is 5.75 Å². The number of rotatable bonds is 6. The van der Waals surface area contributed by atoms with Crippen LogP contribution in [0.25, 0.3) is 0 Å². The van der Waals surface area contributed by atoms with Gasteiger partial charge in [0.25, 0.3) is 0 Å². The molecule has 2 atom stereocenters. The van der Waals surface area contributed by atoms with Gasteiger partial charge in [-0.25, -0.2) is 0 Å². The van der Waals surface area contributed by atoms with E-state index in [2.05, 4.69) is 0 Å². The quantitative estimate of drug-likeness (QED) is 0.636. The molecule has 22 heavy (non-hydrogen) atoms. The fraction of sp³-hybridized carbons (Fsp3) is 0.600. The van der Waals surface area contributed by atoms with Crippen molar-refractivity contribution < 1.29 is 24.2 Å². The minimum absolute atomic E-state index is 0.163. The fourth-order valence-electron chi connectivity index (χ4n) is 2.34. The number of aliphatic hydroxyl groups excluding tert-OH is 1. The first-order valence-corrected chi connectivity index (χ1v) is 7.12. The maximum absolute atomic E-state index is 10.5. The van der Waals surface area contributed by atoms with E-state index in [-0.39, 0.29) is 6.10 Å². The average Bonchev–Trinajstić information content (AvgIpc) is 2.76. The molecule has 0 bridgehead atoms. The highest BCUT2D eigenvalue weighted by Crippen LogP contribution is 2.26. The Hall–Kier alpha value is -1.70. The number of nitro groups is 1. The molecule has 7 heteroatoms. The Bertz CT molecular complexity index is 545. The molecule has 122 valence electrons. The first-order chi connectivity index (χ1) is 10.3. The second-order valence-corrected chi connectivity index (χ2v) is 5.81. The summed E-state index contributed by atoms with van der Waals surface area (Å²) in [5, 5.41) is 20.4. The van der Waals surface area contributed by atoms with Crippen LogP contribution in [0.3, 0.4) is 0 Å². The van der Waals surface area contributed by atoms with Crippen molar-refractivity contribution in [2.24, 2.45) is 0 Å². The molecule has 1 heterocycles. The summed E-state index contributed by atoms with van der Waals surface area (Å²) in [6.45, 7) is 5.71. The third kappa shape index (κ3) is 4.40. The molecular formula is C15H21NO6. The van der Waals surface area contributed by atoms with E-state index in [1.165, 1.54) is 0 Å². The molecular weight excluding hydrogens is 290 g/mol. The van der Waals surface area contributed by atoms with E-state index in [1.54, 1.807) is 25.1 Å². The van der Waals surface area contributed by atoms with Gasteiger partial charge in [-0.2, -0.15) is 0 Å². The zero-order valence-corrected chi connectivity index (χ0v) is 12.9. The number of aryl methyl sites for hydroxylation is 1. The van der Waals surface area contributed by atoms with Gasteiger partial charge in [0.2, 0.25) is 6.54 Å². The van der Waals surface area contributed by atoms with Gasteiger partial charge in [0, 0.05) is 4.92 Å². The summed E-state index contributed by atoms with van der Waals surface area (Å²) in [5.41, 5.74) is 1.28. The summed E-state index contributed by atoms with van der Waals surface area (Å²) in [6.07, 6.45) is -1.31. The normalized spacial score (nSPS) is 21.5. The molecule has 7 nitrogen and oxygen atoms in total. The molecule has 1 aromatic rings. The predicted molar refractivity (Wildman–Crippen MR) is 78.4 cm³/mol. The lowest BCUT2D eigenvalue weighted by molar-refractivity contribution is -0.491. The molecule has 1 fully saturated rings. The van der Waals surface area contributed by atoms with Crippen LogP contribution in [0.2, 0.25) is 0 Å². The topological polar surface area (TPSA) is 91.1 Å². The number of aliphatic hydroxyl groups is 1. The van der Waals surface area contributed by atoms with Gasteiger partial charge in [0.05, 0.1) is 6.61 Å². The summed E-state index contributed by atoms with van der Waals surface area (Å²) in [6, 6.07) is 5.16. The fourth-order valence-corrected chi connectivity index (χ4v) is 2.34. The summed E-state index contributed by atoms with van der Waals surface area (Å²) in [4.78, 5) is 9.99. The smallest absolute Gasteiger partial charge is 0.233 e. The highest BCUT2D eigenvalue weighted by Gasteiger charge is 2.33. The predicted octanol–water partition coefficient (Wildman–Crippen LogP) is 1.84. The van der Waals surface area contributed by atoms with E-state index in [0.29, 0.717) is 24.5 Å². The molecule has 2 rings (SSSR count). The summed E-state index contributed by atoms with van der Waals surface area (Å²) < 4.78 is 16.7. The van der Waals surface area contributed by atoms with Crippen molar-refractivity contribution in [1.29, 1.82) is 0 Å². The van der Waals surface area contributed by atoms with Gasteiger partial charge in [-0.15, -0.1) is 0 Å². The Kier molecular flexibility index (Phi) is 5.00. The third-order valence-corrected chi connectivity index (χ3v) is 3.43. The standard InChI is InChI=1S/C15H21NO6/c1-10-4-5-11(6-13(10)14(17)7-16(18)19)20-8-12-9-21-15(2,3)22-12/h4-6,12,14,17H,7-9H2,1-3H3/t12-,14?/m0/s1. The van der Waals surface area contributed by atoms with Crippen LogP contribution < -0.4 is 4.74 Å². The number of ether oxygens (including phenoxy) is 3. The van der Waals surface area contributed by atoms with Crippen molar-refractivity contribution in [1.82, 2.24) is 0 Å². The zero-order valence-electron chi connectivity index (χ0n) is 12.9. The van der Waals surface area contributed by atoms with Crippen LogP contribution >= 0.6 is 0 Å². The van der Waals surface area contributed by atoms with Crippen molar-refractivity contribution in [2.75, 3.05) is 19.8 Å². The monoisotopic (exact) mass is 311 g/mol. The van der Waals surface area contributed by atoms with Crippen molar-refractivity contribution >= 4 is 0 Å². The molecule has 0 aliphatic carbocycles. The van der Waals surface area contributed by atoms with Gasteiger partial charge >= 0.3 is 0 Å². The molecule has 1 saturated heterocycles. The van der Waals surface area contributed by atoms with Gasteiger partial charge in [-0.1, -0.05) is 6.07 Å². The molecule has 1 N–H and O–H groups in total. The van der Waals surface area contributed by atoms with E-state index < -0.39 is 23.4 Å². The van der Waals surface area contributed by atoms with E-state index in [4.69, 9.17) is 14.2 Å². The van der Waals surface area contributed by atoms with Gasteiger partial charge < -0.3 is 19.3 Å². The number of nitrogens with zero attached hydrogens (tertiary/aromatic N) is 1. The van der Waals surface area contributed by atoms with E-state index >= 15 is 0 Å². The second kappa shape index (κ2) is 6.60. The first-order valence-electron chi connectivity index (χ1n) is 7.12. The molecule has 1 aliphatic rings. The van der Waals surface area contributed by atoms with Gasteiger partial charge in [0.15, 0.2) is 5.79 Å². The minimum Gasteiger partial charge on any atom is -0.491 e. The molecule has 0 saturated carbocycles. The SMILES string of the molecule is Cc1ccc(OC[C@H]2COC(C)(C)O2)cc1C(O)C[N+](=O)[O-]. The first kappa shape index (κ1) is 16.7. The number of hydrogen-bond acceptors (Lipinski definition) is 6. The lowest BCUT2D eigenvalue weighted by atomic mass is 10.0. The molecule has 0 radical (unpaired) electrons. The summed E-state index contributed by atoms with van der Waals surface area (Å²) >= 11 is 0. The van der Waals surface area contributed by atoms with Gasteiger partial charge in [-0.05, 0) is 44.0 Å². The molecule has 0 amide bonds. The summed E-state index contributed by atoms with van der Waals surface area (Å²) in [5.74, 6) is -0.0646. The van der Waals surface area contributed by atoms with Crippen molar-refractivity contribution in [3.8, 4) is 5.75 Å². The number of benzene rings is 1. The minimum atomic E-state index is -1.15. The molecule has 0 aromatic heterocycles. The van der Waals surface area contributed by atoms with Gasteiger partial charge in [-0.3, -0.25) is 10.1 Å². The Morgan fingerprint density at radius 2 is 2.27 bits per heavy atom. The Morgan fingerprint density at radius 1 is 1.55 bits per heavy atom. The molecule has 1 aliphatic heterocycles.